The van der Waals surface area contributed by atoms with E-state index in [0.29, 0.717) is 0 Å². The van der Waals surface area contributed by atoms with Crippen molar-refractivity contribution >= 4 is 51.9 Å². The summed E-state index contributed by atoms with van der Waals surface area (Å²) in [7, 11) is 15.6. The van der Waals surface area contributed by atoms with Crippen molar-refractivity contribution in [1.29, 1.82) is 0 Å². The maximum absolute atomic E-state index is 2.15. The lowest BCUT2D eigenvalue weighted by molar-refractivity contribution is -0.459. The van der Waals surface area contributed by atoms with Gasteiger partial charge in [0, 0.05) is 43.2 Å². The lowest BCUT2D eigenvalue weighted by Crippen LogP contribution is -2.11. The molecule has 1 aliphatic heterocycles. The van der Waals surface area contributed by atoms with E-state index in [0.717, 1.165) is 0 Å². The Hall–Kier alpha value is 0.740. The summed E-state index contributed by atoms with van der Waals surface area (Å²) in [5.41, 5.74) is 0. The Kier molecular flexibility index (Phi) is 4.36. The molecule has 0 aliphatic carbocycles. The van der Waals surface area contributed by atoms with Crippen LogP contribution in [0.1, 0.15) is 0 Å². The van der Waals surface area contributed by atoms with Gasteiger partial charge in [-0.05, 0) is 0 Å². The minimum Gasteiger partial charge on any atom is -0.223 e. The molecule has 0 amide bonds. The van der Waals surface area contributed by atoms with Gasteiger partial charge in [-0.15, -0.1) is 0 Å². The van der Waals surface area contributed by atoms with Gasteiger partial charge >= 0.3 is 0 Å². The first-order valence-corrected chi connectivity index (χ1v) is 7.69. The summed E-state index contributed by atoms with van der Waals surface area (Å²) in [5, 5.41) is 0. The van der Waals surface area contributed by atoms with E-state index in [1.54, 1.807) is 0 Å². The Balaban J connectivity index is 2.63. The molecule has 0 N–H and O–H groups in total. The number of nitrogens with zero attached hydrogens (tertiary/aromatic N) is 2. The predicted octanol–water partition coefficient (Wildman–Crippen LogP) is 2.02. The second kappa shape index (κ2) is 4.83. The molecule has 0 saturated carbocycles. The van der Waals surface area contributed by atoms with E-state index in [1.165, 1.54) is 8.75 Å². The van der Waals surface area contributed by atoms with E-state index >= 15 is 0 Å². The molecule has 2 nitrogen and oxygen atoms in total. The third-order valence-corrected chi connectivity index (χ3v) is 7.96. The molecular weight excluding hydrogens is 228 g/mol. The molecule has 0 spiro atoms. The highest BCUT2D eigenvalue weighted by Crippen LogP contribution is 2.46. The number of hydrogen-bond donors (Lipinski definition) is 0. The van der Waals surface area contributed by atoms with Crippen LogP contribution in [0.25, 0.3) is 0 Å². The molecule has 6 heteroatoms. The highest BCUT2D eigenvalue weighted by molar-refractivity contribution is 9.09. The van der Waals surface area contributed by atoms with Gasteiger partial charge in [-0.1, -0.05) is 0 Å². The first-order chi connectivity index (χ1) is 5.61. The summed E-state index contributed by atoms with van der Waals surface area (Å²) in [5.74, 6) is 0. The van der Waals surface area contributed by atoms with Gasteiger partial charge in [-0.3, -0.25) is 0 Å². The van der Waals surface area contributed by atoms with Crippen molar-refractivity contribution in [1.82, 2.24) is 0 Å². The molecule has 0 unspecified atom stereocenters. The van der Waals surface area contributed by atoms with Crippen LogP contribution in [-0.4, -0.2) is 46.1 Å². The summed E-state index contributed by atoms with van der Waals surface area (Å²) in [6, 6.07) is 0. The molecule has 0 atom stereocenters. The molecular formula is C6H12N2S4+2. The largest absolute Gasteiger partial charge is 0.292 e. The predicted molar refractivity (Wildman–Crippen MR) is 64.6 cm³/mol. The quantitative estimate of drug-likeness (QED) is 0.472. The second-order valence-electron chi connectivity index (χ2n) is 2.65. The average molecular weight is 240 g/mol. The van der Waals surface area contributed by atoms with Crippen LogP contribution >= 0.6 is 43.2 Å². The zero-order chi connectivity index (χ0) is 9.14. The van der Waals surface area contributed by atoms with Gasteiger partial charge in [0.15, 0.2) is 0 Å². The van der Waals surface area contributed by atoms with Gasteiger partial charge in [0.25, 0.3) is 8.75 Å². The van der Waals surface area contributed by atoms with Gasteiger partial charge in [-0.2, -0.15) is 0 Å². The standard InChI is InChI=1S/C6H12N2S4/c1-7(2)5-9-11-6(8(3)4)12-10-5/h1-4H3/q+2. The molecule has 12 heavy (non-hydrogen) atoms. The summed E-state index contributed by atoms with van der Waals surface area (Å²) < 4.78 is 7.02. The first kappa shape index (κ1) is 10.8. The highest BCUT2D eigenvalue weighted by Gasteiger charge is 2.26. The third kappa shape index (κ3) is 2.90. The van der Waals surface area contributed by atoms with Crippen molar-refractivity contribution in [2.75, 3.05) is 28.2 Å². The fraction of sp³-hybridized carbons (Fsp3) is 0.667. The van der Waals surface area contributed by atoms with Gasteiger partial charge in [-0.25, -0.2) is 9.15 Å². The molecule has 0 bridgehead atoms. The average Bonchev–Trinajstić information content (AvgIpc) is 2.04. The summed E-state index contributed by atoms with van der Waals surface area (Å²) in [6.45, 7) is 0. The van der Waals surface area contributed by atoms with Crippen LogP contribution < -0.4 is 0 Å². The zero-order valence-corrected chi connectivity index (χ0v) is 10.8. The molecule has 0 aromatic heterocycles. The molecule has 1 aliphatic rings. The summed E-state index contributed by atoms with van der Waals surface area (Å²) >= 11 is 0. The van der Waals surface area contributed by atoms with Crippen LogP contribution in [0.3, 0.4) is 0 Å². The van der Waals surface area contributed by atoms with E-state index in [4.69, 9.17) is 0 Å². The fourth-order valence-corrected chi connectivity index (χ4v) is 7.44. The molecule has 1 saturated heterocycles. The van der Waals surface area contributed by atoms with Gasteiger partial charge < -0.3 is 0 Å². The second-order valence-corrected chi connectivity index (χ2v) is 7.38. The van der Waals surface area contributed by atoms with Crippen molar-refractivity contribution in [3.8, 4) is 0 Å². The minimum absolute atomic E-state index is 1.36. The molecule has 68 valence electrons. The van der Waals surface area contributed by atoms with Crippen LogP contribution in [0, 0.1) is 0 Å². The van der Waals surface area contributed by atoms with E-state index in [1.807, 2.05) is 43.2 Å². The van der Waals surface area contributed by atoms with E-state index in [9.17, 15) is 0 Å². The number of hydrogen-bond acceptors (Lipinski definition) is 4. The van der Waals surface area contributed by atoms with E-state index < -0.39 is 0 Å². The van der Waals surface area contributed by atoms with E-state index in [-0.39, 0.29) is 0 Å². The van der Waals surface area contributed by atoms with Crippen LogP contribution in [0.15, 0.2) is 0 Å². The zero-order valence-electron chi connectivity index (χ0n) is 7.53. The van der Waals surface area contributed by atoms with Crippen molar-refractivity contribution in [2.45, 2.75) is 0 Å². The Morgan fingerprint density at radius 1 is 0.667 bits per heavy atom. The van der Waals surface area contributed by atoms with Crippen LogP contribution in [0.2, 0.25) is 0 Å². The molecule has 1 heterocycles. The van der Waals surface area contributed by atoms with Crippen LogP contribution in [0.5, 0.6) is 0 Å². The normalized spacial score (nSPS) is 18.0. The lowest BCUT2D eigenvalue weighted by Gasteiger charge is -2.06. The Bertz CT molecular complexity index is 200. The molecule has 0 aromatic rings. The summed E-state index contributed by atoms with van der Waals surface area (Å²) in [6.07, 6.45) is 0. The molecule has 0 aromatic carbocycles. The molecule has 1 rings (SSSR count). The SMILES string of the molecule is C[N+](C)=C1SSC(=[N+](C)C)SS1. The van der Waals surface area contributed by atoms with E-state index in [2.05, 4.69) is 37.3 Å². The Morgan fingerprint density at radius 3 is 1.08 bits per heavy atom. The van der Waals surface area contributed by atoms with Crippen LogP contribution in [-0.2, 0) is 0 Å². The van der Waals surface area contributed by atoms with Crippen molar-refractivity contribution in [3.05, 3.63) is 0 Å². The lowest BCUT2D eigenvalue weighted by atomic mass is 11.1. The van der Waals surface area contributed by atoms with Crippen molar-refractivity contribution in [2.24, 2.45) is 0 Å². The van der Waals surface area contributed by atoms with Crippen molar-refractivity contribution < 1.29 is 9.15 Å². The maximum Gasteiger partial charge on any atom is 0.292 e. The highest BCUT2D eigenvalue weighted by atomic mass is 33.2. The fourth-order valence-electron chi connectivity index (χ4n) is 0.468. The van der Waals surface area contributed by atoms with Gasteiger partial charge in [0.05, 0.1) is 0 Å². The third-order valence-electron chi connectivity index (χ3n) is 1.10. The first-order valence-electron chi connectivity index (χ1n) is 3.39. The molecule has 0 radical (unpaired) electrons. The maximum atomic E-state index is 2.15. The number of rotatable bonds is 0. The Morgan fingerprint density at radius 2 is 0.917 bits per heavy atom. The molecule has 1 fully saturated rings. The van der Waals surface area contributed by atoms with Gasteiger partial charge in [0.1, 0.15) is 28.2 Å². The van der Waals surface area contributed by atoms with Crippen molar-refractivity contribution in [3.63, 3.8) is 0 Å². The smallest absolute Gasteiger partial charge is 0.223 e. The monoisotopic (exact) mass is 240 g/mol. The minimum atomic E-state index is 1.36. The van der Waals surface area contributed by atoms with Crippen LogP contribution in [0.4, 0.5) is 0 Å². The Labute approximate surface area is 89.1 Å². The summed E-state index contributed by atoms with van der Waals surface area (Å²) in [4.78, 5) is 0. The van der Waals surface area contributed by atoms with Gasteiger partial charge in [0.2, 0.25) is 0 Å². The topological polar surface area (TPSA) is 6.02 Å².